The highest BCUT2D eigenvalue weighted by Gasteiger charge is 2.47. The van der Waals surface area contributed by atoms with Crippen LogP contribution in [0.5, 0.6) is 0 Å². The van der Waals surface area contributed by atoms with E-state index in [4.69, 9.17) is 0 Å². The monoisotopic (exact) mass is 334 g/mol. The second-order valence-electron chi connectivity index (χ2n) is 7.11. The number of rotatable bonds is 4. The number of halogens is 1. The van der Waals surface area contributed by atoms with Gasteiger partial charge in [-0.1, -0.05) is 15.9 Å². The van der Waals surface area contributed by atoms with Crippen LogP contribution in [0.2, 0.25) is 0 Å². The van der Waals surface area contributed by atoms with Crippen LogP contribution >= 0.6 is 15.9 Å². The maximum Gasteiger partial charge on any atom is 0.0488 e. The quantitative estimate of drug-likeness (QED) is 0.795. The summed E-state index contributed by atoms with van der Waals surface area (Å²) >= 11 is 3.47. The first-order chi connectivity index (χ1) is 9.78. The Balaban J connectivity index is 1.32. The molecule has 1 aromatic rings. The summed E-state index contributed by atoms with van der Waals surface area (Å²) < 4.78 is 1.13. The highest BCUT2D eigenvalue weighted by Crippen LogP contribution is 2.56. The predicted octanol–water partition coefficient (Wildman–Crippen LogP) is 4.44. The molecule has 0 amide bonds. The molecule has 4 fully saturated rings. The van der Waals surface area contributed by atoms with Crippen molar-refractivity contribution in [2.24, 2.45) is 29.6 Å². The fourth-order valence-corrected chi connectivity index (χ4v) is 5.44. The maximum atomic E-state index is 3.48. The van der Waals surface area contributed by atoms with Crippen LogP contribution in [-0.4, -0.2) is 6.54 Å². The zero-order valence-corrected chi connectivity index (χ0v) is 13.4. The molecule has 0 aliphatic heterocycles. The molecular weight excluding hydrogens is 312 g/mol. The predicted molar refractivity (Wildman–Crippen MR) is 86.3 cm³/mol. The molecule has 4 aliphatic carbocycles. The molecule has 0 unspecified atom stereocenters. The Morgan fingerprint density at radius 2 is 1.50 bits per heavy atom. The molecule has 2 nitrogen and oxygen atoms in total. The molecule has 0 aromatic heterocycles. The van der Waals surface area contributed by atoms with Gasteiger partial charge in [-0.05, 0) is 86.0 Å². The second kappa shape index (κ2) is 5.34. The van der Waals surface area contributed by atoms with Gasteiger partial charge in [0, 0.05) is 16.7 Å². The minimum atomic E-state index is 0.908. The van der Waals surface area contributed by atoms with Crippen LogP contribution in [0.15, 0.2) is 28.7 Å². The molecule has 5 rings (SSSR count). The number of hydrogen-bond donors (Lipinski definition) is 2. The van der Waals surface area contributed by atoms with Gasteiger partial charge in [0.05, 0.1) is 0 Å². The SMILES string of the molecule is Brc1ccc(NNCC2C3CC4CC(C3)CC2C4)cc1. The summed E-state index contributed by atoms with van der Waals surface area (Å²) in [6.45, 7) is 1.13. The van der Waals surface area contributed by atoms with E-state index >= 15 is 0 Å². The zero-order valence-electron chi connectivity index (χ0n) is 11.8. The van der Waals surface area contributed by atoms with Crippen molar-refractivity contribution in [2.75, 3.05) is 12.0 Å². The molecule has 4 aliphatic rings. The number of anilines is 1. The van der Waals surface area contributed by atoms with Gasteiger partial charge in [0.15, 0.2) is 0 Å². The van der Waals surface area contributed by atoms with Gasteiger partial charge in [-0.15, -0.1) is 0 Å². The first kappa shape index (κ1) is 13.1. The van der Waals surface area contributed by atoms with E-state index in [0.717, 1.165) is 46.3 Å². The van der Waals surface area contributed by atoms with Gasteiger partial charge in [-0.3, -0.25) is 0 Å². The Labute approximate surface area is 129 Å². The normalized spacial score (nSPS) is 38.1. The van der Waals surface area contributed by atoms with Gasteiger partial charge in [0.25, 0.3) is 0 Å². The molecular formula is C17H23BrN2. The molecule has 0 spiro atoms. The Morgan fingerprint density at radius 3 is 2.10 bits per heavy atom. The number of hydrazine groups is 1. The van der Waals surface area contributed by atoms with Crippen molar-refractivity contribution in [3.63, 3.8) is 0 Å². The van der Waals surface area contributed by atoms with Gasteiger partial charge in [-0.2, -0.15) is 0 Å². The van der Waals surface area contributed by atoms with Crippen LogP contribution in [0, 0.1) is 29.6 Å². The Kier molecular flexibility index (Phi) is 3.51. The lowest BCUT2D eigenvalue weighted by Gasteiger charge is -2.54. The van der Waals surface area contributed by atoms with Crippen molar-refractivity contribution in [3.8, 4) is 0 Å². The largest absolute Gasteiger partial charge is 0.321 e. The molecule has 1 aromatic carbocycles. The van der Waals surface area contributed by atoms with E-state index in [9.17, 15) is 0 Å². The lowest BCUT2D eigenvalue weighted by Crippen LogP contribution is -2.49. The molecule has 0 radical (unpaired) electrons. The second-order valence-corrected chi connectivity index (χ2v) is 8.02. The fraction of sp³-hybridized carbons (Fsp3) is 0.647. The van der Waals surface area contributed by atoms with Gasteiger partial charge in [0.2, 0.25) is 0 Å². The lowest BCUT2D eigenvalue weighted by atomic mass is 9.52. The third-order valence-corrected chi connectivity index (χ3v) is 6.37. The number of benzene rings is 1. The topological polar surface area (TPSA) is 24.1 Å². The first-order valence-corrected chi connectivity index (χ1v) is 8.81. The van der Waals surface area contributed by atoms with Crippen LogP contribution in [0.4, 0.5) is 5.69 Å². The van der Waals surface area contributed by atoms with Crippen LogP contribution < -0.4 is 10.9 Å². The number of hydrogen-bond acceptors (Lipinski definition) is 2. The molecule has 20 heavy (non-hydrogen) atoms. The average molecular weight is 335 g/mol. The molecule has 4 saturated carbocycles. The number of nitrogens with one attached hydrogen (secondary N) is 2. The van der Waals surface area contributed by atoms with Gasteiger partial charge in [-0.25, -0.2) is 5.43 Å². The standard InChI is InChI=1S/C17H23BrN2/c18-15-1-3-16(4-2-15)20-19-10-17-13-6-11-5-12(8-13)9-14(17)7-11/h1-4,11-14,17,19-20H,5-10H2. The van der Waals surface area contributed by atoms with Crippen molar-refractivity contribution >= 4 is 21.6 Å². The van der Waals surface area contributed by atoms with Crippen LogP contribution in [-0.2, 0) is 0 Å². The fourth-order valence-electron chi connectivity index (χ4n) is 5.18. The zero-order chi connectivity index (χ0) is 13.5. The molecule has 0 heterocycles. The summed E-state index contributed by atoms with van der Waals surface area (Å²) in [5, 5.41) is 0. The summed E-state index contributed by atoms with van der Waals surface area (Å²) in [7, 11) is 0. The summed E-state index contributed by atoms with van der Waals surface area (Å²) in [5.74, 6) is 5.07. The minimum absolute atomic E-state index is 0.908. The third-order valence-electron chi connectivity index (χ3n) is 5.84. The molecule has 0 atom stereocenters. The van der Waals surface area contributed by atoms with E-state index in [2.05, 4.69) is 51.0 Å². The molecule has 3 heteroatoms. The molecule has 4 bridgehead atoms. The maximum absolute atomic E-state index is 3.48. The van der Waals surface area contributed by atoms with Crippen molar-refractivity contribution in [2.45, 2.75) is 32.1 Å². The summed E-state index contributed by atoms with van der Waals surface area (Å²) in [6, 6.07) is 8.36. The third kappa shape index (κ3) is 2.50. The lowest BCUT2D eigenvalue weighted by molar-refractivity contribution is -0.0348. The highest BCUT2D eigenvalue weighted by atomic mass is 79.9. The Hall–Kier alpha value is -0.540. The van der Waals surface area contributed by atoms with Crippen molar-refractivity contribution in [1.29, 1.82) is 0 Å². The van der Waals surface area contributed by atoms with Gasteiger partial charge < -0.3 is 5.43 Å². The molecule has 0 saturated heterocycles. The highest BCUT2D eigenvalue weighted by molar-refractivity contribution is 9.10. The van der Waals surface area contributed by atoms with Gasteiger partial charge in [0.1, 0.15) is 0 Å². The smallest absolute Gasteiger partial charge is 0.0488 e. The van der Waals surface area contributed by atoms with E-state index in [0.29, 0.717) is 0 Å². The van der Waals surface area contributed by atoms with E-state index in [1.807, 2.05) is 0 Å². The van der Waals surface area contributed by atoms with Crippen LogP contribution in [0.1, 0.15) is 32.1 Å². The summed E-state index contributed by atoms with van der Waals surface area (Å²) in [6.07, 6.45) is 7.59. The van der Waals surface area contributed by atoms with E-state index in [1.54, 1.807) is 6.42 Å². The van der Waals surface area contributed by atoms with Crippen LogP contribution in [0.25, 0.3) is 0 Å². The van der Waals surface area contributed by atoms with Crippen LogP contribution in [0.3, 0.4) is 0 Å². The molecule has 108 valence electrons. The van der Waals surface area contributed by atoms with E-state index < -0.39 is 0 Å². The minimum Gasteiger partial charge on any atom is -0.321 e. The van der Waals surface area contributed by atoms with Crippen molar-refractivity contribution < 1.29 is 0 Å². The summed E-state index contributed by atoms with van der Waals surface area (Å²) in [5.41, 5.74) is 7.99. The Bertz CT molecular complexity index is 442. The molecule has 2 N–H and O–H groups in total. The van der Waals surface area contributed by atoms with E-state index in [-0.39, 0.29) is 0 Å². The first-order valence-electron chi connectivity index (χ1n) is 8.02. The average Bonchev–Trinajstić information content (AvgIpc) is 2.43. The van der Waals surface area contributed by atoms with Crippen molar-refractivity contribution in [3.05, 3.63) is 28.7 Å². The van der Waals surface area contributed by atoms with Gasteiger partial charge >= 0.3 is 0 Å². The van der Waals surface area contributed by atoms with E-state index in [1.165, 1.54) is 25.7 Å². The Morgan fingerprint density at radius 1 is 0.900 bits per heavy atom. The summed E-state index contributed by atoms with van der Waals surface area (Å²) in [4.78, 5) is 0. The van der Waals surface area contributed by atoms with Crippen molar-refractivity contribution in [1.82, 2.24) is 5.43 Å².